The zero-order valence-corrected chi connectivity index (χ0v) is 7.82. The van der Waals surface area contributed by atoms with Crippen molar-refractivity contribution in [3.05, 3.63) is 42.2 Å². The number of carbonyl (C=O) groups is 1. The molecule has 2 rings (SSSR count). The first-order valence-corrected chi connectivity index (χ1v) is 4.38. The number of nitrogens with zero attached hydrogens (tertiary/aromatic N) is 1. The molecule has 1 aromatic carbocycles. The molecule has 1 N–H and O–H groups in total. The number of carbonyl (C=O) groups excluding carboxylic acids is 1. The van der Waals surface area contributed by atoms with E-state index in [1.54, 1.807) is 19.3 Å². The van der Waals surface area contributed by atoms with Crippen molar-refractivity contribution in [3.8, 4) is 0 Å². The molecule has 0 bridgehead atoms. The molecule has 3 nitrogen and oxygen atoms in total. The van der Waals surface area contributed by atoms with Crippen molar-refractivity contribution in [3.63, 3.8) is 0 Å². The van der Waals surface area contributed by atoms with E-state index >= 15 is 0 Å². The van der Waals surface area contributed by atoms with Gasteiger partial charge in [0, 0.05) is 18.6 Å². The molecule has 0 aliphatic rings. The van der Waals surface area contributed by atoms with Crippen LogP contribution >= 0.6 is 0 Å². The van der Waals surface area contributed by atoms with Crippen LogP contribution in [0.3, 0.4) is 0 Å². The zero-order chi connectivity index (χ0) is 9.97. The predicted molar refractivity (Wildman–Crippen MR) is 55.1 cm³/mol. The summed E-state index contributed by atoms with van der Waals surface area (Å²) < 4.78 is 0. The summed E-state index contributed by atoms with van der Waals surface area (Å²) in [6.07, 6.45) is 1.71. The number of aromatic nitrogens is 1. The standard InChI is InChI=1S/C11H10N2O/c1-12-11(14)10-6-8-4-2-3-5-9(8)7-13-10/h2-7H,1H3,(H,12,14). The van der Waals surface area contributed by atoms with E-state index in [0.29, 0.717) is 5.69 Å². The van der Waals surface area contributed by atoms with Crippen molar-refractivity contribution < 1.29 is 4.79 Å². The fourth-order valence-corrected chi connectivity index (χ4v) is 1.34. The van der Waals surface area contributed by atoms with Crippen LogP contribution in [0.15, 0.2) is 36.5 Å². The molecule has 1 aromatic heterocycles. The number of hydrogen-bond acceptors (Lipinski definition) is 2. The molecule has 0 atom stereocenters. The minimum atomic E-state index is -0.157. The lowest BCUT2D eigenvalue weighted by atomic mass is 10.1. The lowest BCUT2D eigenvalue weighted by Crippen LogP contribution is -2.18. The third-order valence-corrected chi connectivity index (χ3v) is 2.09. The van der Waals surface area contributed by atoms with Crippen molar-refractivity contribution in [2.75, 3.05) is 7.05 Å². The summed E-state index contributed by atoms with van der Waals surface area (Å²) in [5.74, 6) is -0.157. The molecular formula is C11H10N2O. The second-order valence-corrected chi connectivity index (χ2v) is 3.00. The molecule has 0 aliphatic carbocycles. The van der Waals surface area contributed by atoms with Crippen molar-refractivity contribution in [1.82, 2.24) is 10.3 Å². The van der Waals surface area contributed by atoms with Crippen molar-refractivity contribution in [2.24, 2.45) is 0 Å². The molecule has 0 saturated heterocycles. The van der Waals surface area contributed by atoms with Crippen LogP contribution in [0.5, 0.6) is 0 Å². The number of amides is 1. The third-order valence-electron chi connectivity index (χ3n) is 2.09. The minimum absolute atomic E-state index is 0.157. The summed E-state index contributed by atoms with van der Waals surface area (Å²) in [4.78, 5) is 15.3. The lowest BCUT2D eigenvalue weighted by molar-refractivity contribution is 0.0958. The largest absolute Gasteiger partial charge is 0.354 e. The van der Waals surface area contributed by atoms with Crippen LogP contribution in [-0.2, 0) is 0 Å². The Balaban J connectivity index is 2.56. The quantitative estimate of drug-likeness (QED) is 0.734. The number of nitrogens with one attached hydrogen (secondary N) is 1. The molecule has 0 spiro atoms. The Morgan fingerprint density at radius 1 is 1.29 bits per heavy atom. The fraction of sp³-hybridized carbons (Fsp3) is 0.0909. The van der Waals surface area contributed by atoms with Gasteiger partial charge < -0.3 is 5.32 Å². The van der Waals surface area contributed by atoms with Gasteiger partial charge in [0.15, 0.2) is 0 Å². The average molecular weight is 186 g/mol. The van der Waals surface area contributed by atoms with Gasteiger partial charge in [0.1, 0.15) is 5.69 Å². The van der Waals surface area contributed by atoms with E-state index in [0.717, 1.165) is 10.8 Å². The Morgan fingerprint density at radius 2 is 2.00 bits per heavy atom. The van der Waals surface area contributed by atoms with Gasteiger partial charge in [-0.05, 0) is 11.5 Å². The smallest absolute Gasteiger partial charge is 0.269 e. The third kappa shape index (κ3) is 1.44. The highest BCUT2D eigenvalue weighted by molar-refractivity contribution is 5.96. The van der Waals surface area contributed by atoms with E-state index in [1.807, 2.05) is 24.3 Å². The van der Waals surface area contributed by atoms with Gasteiger partial charge in [0.05, 0.1) is 0 Å². The highest BCUT2D eigenvalue weighted by atomic mass is 16.1. The van der Waals surface area contributed by atoms with E-state index in [1.165, 1.54) is 0 Å². The first-order valence-electron chi connectivity index (χ1n) is 4.38. The number of pyridine rings is 1. The zero-order valence-electron chi connectivity index (χ0n) is 7.82. The Kier molecular flexibility index (Phi) is 2.14. The van der Waals surface area contributed by atoms with Crippen molar-refractivity contribution in [1.29, 1.82) is 0 Å². The van der Waals surface area contributed by atoms with Crippen LogP contribution in [0.1, 0.15) is 10.5 Å². The Labute approximate surface area is 81.8 Å². The van der Waals surface area contributed by atoms with Gasteiger partial charge in [-0.2, -0.15) is 0 Å². The molecule has 0 radical (unpaired) electrons. The van der Waals surface area contributed by atoms with Gasteiger partial charge in [-0.3, -0.25) is 9.78 Å². The summed E-state index contributed by atoms with van der Waals surface area (Å²) >= 11 is 0. The first kappa shape index (κ1) is 8.69. The minimum Gasteiger partial charge on any atom is -0.354 e. The van der Waals surface area contributed by atoms with Crippen LogP contribution in [0.2, 0.25) is 0 Å². The molecule has 0 fully saturated rings. The van der Waals surface area contributed by atoms with Crippen molar-refractivity contribution >= 4 is 16.7 Å². The van der Waals surface area contributed by atoms with E-state index < -0.39 is 0 Å². The van der Waals surface area contributed by atoms with Crippen LogP contribution in [-0.4, -0.2) is 17.9 Å². The Morgan fingerprint density at radius 3 is 2.71 bits per heavy atom. The SMILES string of the molecule is CNC(=O)c1cc2ccccc2cn1. The average Bonchev–Trinajstić information content (AvgIpc) is 2.27. The van der Waals surface area contributed by atoms with Crippen LogP contribution < -0.4 is 5.32 Å². The molecule has 70 valence electrons. The summed E-state index contributed by atoms with van der Waals surface area (Å²) in [6.45, 7) is 0. The molecule has 3 heteroatoms. The van der Waals surface area contributed by atoms with E-state index in [4.69, 9.17) is 0 Å². The van der Waals surface area contributed by atoms with Crippen LogP contribution in [0.4, 0.5) is 0 Å². The van der Waals surface area contributed by atoms with Gasteiger partial charge in [-0.1, -0.05) is 24.3 Å². The second-order valence-electron chi connectivity index (χ2n) is 3.00. The maximum absolute atomic E-state index is 11.3. The maximum atomic E-state index is 11.3. The summed E-state index contributed by atoms with van der Waals surface area (Å²) in [5.41, 5.74) is 0.450. The van der Waals surface area contributed by atoms with Gasteiger partial charge in [-0.25, -0.2) is 0 Å². The number of rotatable bonds is 1. The number of benzene rings is 1. The molecule has 2 aromatic rings. The fourth-order valence-electron chi connectivity index (χ4n) is 1.34. The molecule has 0 unspecified atom stereocenters. The summed E-state index contributed by atoms with van der Waals surface area (Å²) in [7, 11) is 1.60. The van der Waals surface area contributed by atoms with E-state index in [-0.39, 0.29) is 5.91 Å². The molecule has 1 heterocycles. The van der Waals surface area contributed by atoms with Crippen LogP contribution in [0.25, 0.3) is 10.8 Å². The molecule has 0 saturated carbocycles. The first-order chi connectivity index (χ1) is 6.81. The summed E-state index contributed by atoms with van der Waals surface area (Å²) in [6, 6.07) is 9.60. The Bertz CT molecular complexity index is 479. The molecule has 0 aliphatic heterocycles. The highest BCUT2D eigenvalue weighted by Crippen LogP contribution is 2.12. The summed E-state index contributed by atoms with van der Waals surface area (Å²) in [5, 5.41) is 4.62. The monoisotopic (exact) mass is 186 g/mol. The van der Waals surface area contributed by atoms with E-state index in [2.05, 4.69) is 10.3 Å². The maximum Gasteiger partial charge on any atom is 0.269 e. The second kappa shape index (κ2) is 3.46. The normalized spacial score (nSPS) is 10.1. The number of fused-ring (bicyclic) bond motifs is 1. The van der Waals surface area contributed by atoms with Crippen LogP contribution in [0, 0.1) is 0 Å². The number of hydrogen-bond donors (Lipinski definition) is 1. The predicted octanol–water partition coefficient (Wildman–Crippen LogP) is 1.59. The van der Waals surface area contributed by atoms with E-state index in [9.17, 15) is 4.79 Å². The van der Waals surface area contributed by atoms with Gasteiger partial charge in [0.2, 0.25) is 0 Å². The van der Waals surface area contributed by atoms with Gasteiger partial charge >= 0.3 is 0 Å². The molecular weight excluding hydrogens is 176 g/mol. The molecule has 1 amide bonds. The van der Waals surface area contributed by atoms with Gasteiger partial charge in [0.25, 0.3) is 5.91 Å². The van der Waals surface area contributed by atoms with Crippen molar-refractivity contribution in [2.45, 2.75) is 0 Å². The van der Waals surface area contributed by atoms with Gasteiger partial charge in [-0.15, -0.1) is 0 Å². The lowest BCUT2D eigenvalue weighted by Gasteiger charge is -2.00. The Hall–Kier alpha value is -1.90. The highest BCUT2D eigenvalue weighted by Gasteiger charge is 2.04. The topological polar surface area (TPSA) is 42.0 Å². The molecule has 14 heavy (non-hydrogen) atoms.